The molecule has 2 saturated carbocycles. The van der Waals surface area contributed by atoms with Gasteiger partial charge in [0.05, 0.1) is 6.10 Å². The second kappa shape index (κ2) is 5.61. The number of thioether (sulfide) groups is 1. The van der Waals surface area contributed by atoms with Crippen LogP contribution in [0.2, 0.25) is 0 Å². The van der Waals surface area contributed by atoms with E-state index in [2.05, 4.69) is 43.4 Å². The van der Waals surface area contributed by atoms with Gasteiger partial charge in [-0.05, 0) is 31.4 Å². The van der Waals surface area contributed by atoms with Gasteiger partial charge < -0.3 is 10.4 Å². The van der Waals surface area contributed by atoms with Crippen LogP contribution in [-0.2, 0) is 0 Å². The number of hydrogen-bond acceptors (Lipinski definition) is 3. The van der Waals surface area contributed by atoms with Crippen LogP contribution in [0.15, 0.2) is 29.2 Å². The summed E-state index contributed by atoms with van der Waals surface area (Å²) in [5.74, 6) is 0. The van der Waals surface area contributed by atoms with Gasteiger partial charge in [-0.2, -0.15) is 0 Å². The maximum absolute atomic E-state index is 9.88. The van der Waals surface area contributed by atoms with E-state index in [9.17, 15) is 5.11 Å². The van der Waals surface area contributed by atoms with E-state index < -0.39 is 0 Å². The van der Waals surface area contributed by atoms with E-state index in [1.807, 2.05) is 11.8 Å². The van der Waals surface area contributed by atoms with Gasteiger partial charge in [0.25, 0.3) is 0 Å². The molecule has 1 aromatic carbocycles. The fourth-order valence-corrected chi connectivity index (χ4v) is 4.55. The molecule has 2 aliphatic carbocycles. The van der Waals surface area contributed by atoms with Gasteiger partial charge in [0, 0.05) is 27.3 Å². The third-order valence-corrected chi connectivity index (χ3v) is 6.44. The number of anilines is 1. The average Bonchev–Trinajstić information content (AvgIpc) is 2.93. The third-order valence-electron chi connectivity index (χ3n) is 5.03. The van der Waals surface area contributed by atoms with Crippen molar-refractivity contribution in [2.24, 2.45) is 5.41 Å². The Morgan fingerprint density at radius 3 is 2.55 bits per heavy atom. The molecule has 0 amide bonds. The molecule has 3 rings (SSSR count). The number of hydrogen-bond donors (Lipinski definition) is 2. The molecule has 2 N–H and O–H groups in total. The standard InChI is InChI=1S/C17H25NOS/c1-17(2)15(11-16(17)19)18-13-9-5-6-10-14(13)20-12-7-3-4-8-12/h5-6,9-10,12,15-16,18-19H,3-4,7-8,11H2,1-2H3. The van der Waals surface area contributed by atoms with Crippen molar-refractivity contribution in [3.8, 4) is 0 Å². The Balaban J connectivity index is 1.70. The minimum atomic E-state index is -0.172. The first-order valence-corrected chi connectivity index (χ1v) is 8.65. The molecule has 2 nitrogen and oxygen atoms in total. The second-order valence-corrected chi connectivity index (χ2v) is 8.13. The predicted molar refractivity (Wildman–Crippen MR) is 86.4 cm³/mol. The van der Waals surface area contributed by atoms with Crippen LogP contribution in [0.3, 0.4) is 0 Å². The summed E-state index contributed by atoms with van der Waals surface area (Å²) >= 11 is 2.03. The second-order valence-electron chi connectivity index (χ2n) is 6.79. The lowest BCUT2D eigenvalue weighted by atomic mass is 9.64. The Labute approximate surface area is 126 Å². The Morgan fingerprint density at radius 1 is 1.20 bits per heavy atom. The lowest BCUT2D eigenvalue weighted by Crippen LogP contribution is -2.56. The first kappa shape index (κ1) is 14.3. The van der Waals surface area contributed by atoms with Gasteiger partial charge in [-0.1, -0.05) is 38.8 Å². The molecule has 20 heavy (non-hydrogen) atoms. The molecule has 2 aliphatic rings. The number of aliphatic hydroxyl groups excluding tert-OH is 1. The monoisotopic (exact) mass is 291 g/mol. The highest BCUT2D eigenvalue weighted by molar-refractivity contribution is 8.00. The first-order valence-electron chi connectivity index (χ1n) is 7.77. The van der Waals surface area contributed by atoms with Crippen molar-refractivity contribution in [3.05, 3.63) is 24.3 Å². The van der Waals surface area contributed by atoms with Gasteiger partial charge in [0.1, 0.15) is 0 Å². The smallest absolute Gasteiger partial charge is 0.0630 e. The van der Waals surface area contributed by atoms with E-state index in [0.717, 1.165) is 11.7 Å². The first-order chi connectivity index (χ1) is 9.57. The summed E-state index contributed by atoms with van der Waals surface area (Å²) in [6.07, 6.45) is 6.16. The molecule has 1 aromatic rings. The number of para-hydroxylation sites is 1. The molecule has 110 valence electrons. The van der Waals surface area contributed by atoms with Crippen LogP contribution in [0.5, 0.6) is 0 Å². The molecule has 0 aliphatic heterocycles. The maximum Gasteiger partial charge on any atom is 0.0630 e. The minimum Gasteiger partial charge on any atom is -0.392 e. The molecule has 2 fully saturated rings. The van der Waals surface area contributed by atoms with E-state index in [1.165, 1.54) is 36.3 Å². The molecule has 0 heterocycles. The molecule has 0 bridgehead atoms. The minimum absolute atomic E-state index is 0.0227. The summed E-state index contributed by atoms with van der Waals surface area (Å²) in [5.41, 5.74) is 1.22. The highest BCUT2D eigenvalue weighted by atomic mass is 32.2. The largest absolute Gasteiger partial charge is 0.392 e. The fourth-order valence-electron chi connectivity index (χ4n) is 3.21. The van der Waals surface area contributed by atoms with E-state index >= 15 is 0 Å². The van der Waals surface area contributed by atoms with Crippen LogP contribution >= 0.6 is 11.8 Å². The van der Waals surface area contributed by atoms with Gasteiger partial charge >= 0.3 is 0 Å². The Hall–Kier alpha value is -0.670. The maximum atomic E-state index is 9.88. The molecule has 3 heteroatoms. The fraction of sp³-hybridized carbons (Fsp3) is 0.647. The van der Waals surface area contributed by atoms with Crippen molar-refractivity contribution in [3.63, 3.8) is 0 Å². The number of benzene rings is 1. The molecule has 0 radical (unpaired) electrons. The molecule has 0 saturated heterocycles. The quantitative estimate of drug-likeness (QED) is 0.868. The molecule has 0 aromatic heterocycles. The summed E-state index contributed by atoms with van der Waals surface area (Å²) in [6, 6.07) is 9.01. The zero-order valence-electron chi connectivity index (χ0n) is 12.4. The highest BCUT2D eigenvalue weighted by Gasteiger charge is 2.47. The third kappa shape index (κ3) is 2.71. The molecular formula is C17H25NOS. The summed E-state index contributed by atoms with van der Waals surface area (Å²) < 4.78 is 0. The summed E-state index contributed by atoms with van der Waals surface area (Å²) in [6.45, 7) is 4.29. The van der Waals surface area contributed by atoms with Crippen molar-refractivity contribution in [2.45, 2.75) is 68.2 Å². The topological polar surface area (TPSA) is 32.3 Å². The summed E-state index contributed by atoms with van der Waals surface area (Å²) in [4.78, 5) is 1.37. The summed E-state index contributed by atoms with van der Waals surface area (Å²) in [7, 11) is 0. The van der Waals surface area contributed by atoms with Crippen LogP contribution in [0.25, 0.3) is 0 Å². The van der Waals surface area contributed by atoms with Crippen molar-refractivity contribution in [1.82, 2.24) is 0 Å². The van der Waals surface area contributed by atoms with Gasteiger partial charge in [-0.15, -0.1) is 11.8 Å². The molecule has 0 spiro atoms. The zero-order chi connectivity index (χ0) is 14.2. The predicted octanol–water partition coefficient (Wildman–Crippen LogP) is 4.29. The number of aliphatic hydroxyl groups is 1. The lowest BCUT2D eigenvalue weighted by molar-refractivity contribution is -0.0511. The van der Waals surface area contributed by atoms with Crippen LogP contribution in [-0.4, -0.2) is 22.5 Å². The SMILES string of the molecule is CC1(C)C(O)CC1Nc1ccccc1SC1CCCC1. The van der Waals surface area contributed by atoms with Crippen LogP contribution in [0, 0.1) is 5.41 Å². The Bertz CT molecular complexity index is 468. The molecular weight excluding hydrogens is 266 g/mol. The number of rotatable bonds is 4. The molecule has 2 unspecified atom stereocenters. The van der Waals surface area contributed by atoms with E-state index in [0.29, 0.717) is 6.04 Å². The van der Waals surface area contributed by atoms with E-state index in [-0.39, 0.29) is 11.5 Å². The zero-order valence-corrected chi connectivity index (χ0v) is 13.2. The van der Waals surface area contributed by atoms with Gasteiger partial charge in [0.15, 0.2) is 0 Å². The van der Waals surface area contributed by atoms with E-state index in [1.54, 1.807) is 0 Å². The van der Waals surface area contributed by atoms with Crippen molar-refractivity contribution >= 4 is 17.4 Å². The van der Waals surface area contributed by atoms with Gasteiger partial charge in [-0.3, -0.25) is 0 Å². The van der Waals surface area contributed by atoms with Crippen LogP contribution in [0.1, 0.15) is 46.0 Å². The van der Waals surface area contributed by atoms with Crippen LogP contribution in [0.4, 0.5) is 5.69 Å². The average molecular weight is 291 g/mol. The Morgan fingerprint density at radius 2 is 1.90 bits per heavy atom. The van der Waals surface area contributed by atoms with Crippen molar-refractivity contribution in [1.29, 1.82) is 0 Å². The van der Waals surface area contributed by atoms with Gasteiger partial charge in [-0.25, -0.2) is 0 Å². The lowest BCUT2D eigenvalue weighted by Gasteiger charge is -2.50. The normalized spacial score (nSPS) is 29.1. The van der Waals surface area contributed by atoms with Crippen LogP contribution < -0.4 is 5.32 Å². The number of nitrogens with one attached hydrogen (secondary N) is 1. The highest BCUT2D eigenvalue weighted by Crippen LogP contribution is 2.44. The van der Waals surface area contributed by atoms with Crippen molar-refractivity contribution < 1.29 is 5.11 Å². The van der Waals surface area contributed by atoms with Crippen molar-refractivity contribution in [2.75, 3.05) is 5.32 Å². The molecule has 2 atom stereocenters. The van der Waals surface area contributed by atoms with Gasteiger partial charge in [0.2, 0.25) is 0 Å². The van der Waals surface area contributed by atoms with E-state index in [4.69, 9.17) is 0 Å². The Kier molecular flexibility index (Phi) is 4.00. The summed E-state index contributed by atoms with van der Waals surface area (Å²) in [5, 5.41) is 14.3.